The number of hydrogen-bond acceptors (Lipinski definition) is 3. The number of carbonyl (C=O) groups is 2. The maximum Gasteiger partial charge on any atom is 0.353 e. The molecule has 0 spiro atoms. The highest BCUT2D eigenvalue weighted by atomic mass is 79.9. The molecule has 0 atom stereocenters. The molecule has 0 unspecified atom stereocenters. The summed E-state index contributed by atoms with van der Waals surface area (Å²) >= 11 is 3.46. The minimum atomic E-state index is -1.18. The van der Waals surface area contributed by atoms with Gasteiger partial charge in [-0.05, 0) is 65.6 Å². The molecule has 7 heteroatoms. The largest absolute Gasteiger partial charge is 0.477 e. The molecule has 0 saturated heterocycles. The average molecular weight is 573 g/mol. The number of rotatable bonds is 7. The van der Waals surface area contributed by atoms with Crippen molar-refractivity contribution in [3.8, 4) is 11.1 Å². The van der Waals surface area contributed by atoms with E-state index < -0.39 is 5.97 Å². The second-order valence-corrected chi connectivity index (χ2v) is 10.8. The molecule has 0 aliphatic heterocycles. The number of carboxylic acid groups (broad SMARTS) is 1. The molecule has 0 bridgehead atoms. The molecule has 4 aromatic rings. The van der Waals surface area contributed by atoms with Crippen molar-refractivity contribution >= 4 is 38.6 Å². The third-order valence-corrected chi connectivity index (χ3v) is 7.82. The van der Waals surface area contributed by atoms with Gasteiger partial charge in [-0.1, -0.05) is 77.7 Å². The van der Waals surface area contributed by atoms with Crippen molar-refractivity contribution in [2.45, 2.75) is 38.6 Å². The van der Waals surface area contributed by atoms with Crippen molar-refractivity contribution in [2.24, 2.45) is 5.92 Å². The number of benzene rings is 3. The number of amides is 1. The summed E-state index contributed by atoms with van der Waals surface area (Å²) in [4.78, 5) is 38.9. The third kappa shape index (κ3) is 5.43. The zero-order chi connectivity index (χ0) is 26.6. The lowest BCUT2D eigenvalue weighted by Crippen LogP contribution is -2.30. The molecule has 1 aliphatic carbocycles. The van der Waals surface area contributed by atoms with Gasteiger partial charge in [0.1, 0.15) is 5.69 Å². The lowest BCUT2D eigenvalue weighted by atomic mass is 9.89. The molecule has 2 N–H and O–H groups in total. The van der Waals surface area contributed by atoms with Gasteiger partial charge in [-0.15, -0.1) is 0 Å². The van der Waals surface area contributed by atoms with E-state index >= 15 is 0 Å². The molecule has 0 radical (unpaired) electrons. The smallest absolute Gasteiger partial charge is 0.353 e. The highest BCUT2D eigenvalue weighted by molar-refractivity contribution is 9.10. The van der Waals surface area contributed by atoms with E-state index in [4.69, 9.17) is 0 Å². The number of halogens is 1. The summed E-state index contributed by atoms with van der Waals surface area (Å²) in [5.74, 6) is -0.754. The van der Waals surface area contributed by atoms with Crippen LogP contribution in [0.2, 0.25) is 0 Å². The number of fused-ring (bicyclic) bond motifs is 1. The maximum atomic E-state index is 13.6. The van der Waals surface area contributed by atoms with Crippen LogP contribution in [0.1, 0.15) is 58.5 Å². The van der Waals surface area contributed by atoms with E-state index in [9.17, 15) is 19.5 Å². The molecule has 1 fully saturated rings. The van der Waals surface area contributed by atoms with Crippen molar-refractivity contribution in [3.05, 3.63) is 104 Å². The number of carbonyl (C=O) groups excluding carboxylic acids is 1. The Morgan fingerprint density at radius 1 is 0.921 bits per heavy atom. The van der Waals surface area contributed by atoms with Crippen molar-refractivity contribution in [2.75, 3.05) is 6.54 Å². The first kappa shape index (κ1) is 25.9. The first-order valence-electron chi connectivity index (χ1n) is 12.9. The summed E-state index contributed by atoms with van der Waals surface area (Å²) in [5.41, 5.74) is 2.04. The molecule has 1 saturated carbocycles. The molecule has 6 nitrogen and oxygen atoms in total. The van der Waals surface area contributed by atoms with Gasteiger partial charge in [-0.25, -0.2) is 4.79 Å². The molecule has 1 heterocycles. The molecule has 1 aromatic heterocycles. The summed E-state index contributed by atoms with van der Waals surface area (Å²) in [5, 5.41) is 14.4. The quantitative estimate of drug-likeness (QED) is 0.265. The van der Waals surface area contributed by atoms with Crippen LogP contribution in [0.25, 0.3) is 21.9 Å². The highest BCUT2D eigenvalue weighted by Crippen LogP contribution is 2.33. The van der Waals surface area contributed by atoms with Gasteiger partial charge in [-0.2, -0.15) is 0 Å². The Bertz CT molecular complexity index is 1540. The monoisotopic (exact) mass is 572 g/mol. The molecule has 1 amide bonds. The summed E-state index contributed by atoms with van der Waals surface area (Å²) in [6, 6.07) is 21.6. The molecule has 1 aliphatic rings. The number of nitrogens with zero attached hydrogens (tertiary/aromatic N) is 1. The van der Waals surface area contributed by atoms with Crippen molar-refractivity contribution in [3.63, 3.8) is 0 Å². The lowest BCUT2D eigenvalue weighted by Gasteiger charge is -2.21. The van der Waals surface area contributed by atoms with Gasteiger partial charge in [-0.3, -0.25) is 14.2 Å². The van der Waals surface area contributed by atoms with E-state index in [1.165, 1.54) is 23.8 Å². The number of nitrogens with one attached hydrogen (secondary N) is 1. The summed E-state index contributed by atoms with van der Waals surface area (Å²) in [6.45, 7) is 0.754. The Morgan fingerprint density at radius 2 is 1.63 bits per heavy atom. The SMILES string of the molecule is O=C(NCC1CCCCC1)c1ccc(Cn2c(C(=O)O)c(-c3ccccc3)c3cc(Br)ccc3c2=O)cc1. The van der Waals surface area contributed by atoms with Gasteiger partial charge in [0, 0.05) is 27.5 Å². The Balaban J connectivity index is 1.49. The average Bonchev–Trinajstić information content (AvgIpc) is 2.94. The van der Waals surface area contributed by atoms with E-state index in [2.05, 4.69) is 21.2 Å². The molecule has 3 aromatic carbocycles. The summed E-state index contributed by atoms with van der Waals surface area (Å²) in [7, 11) is 0. The van der Waals surface area contributed by atoms with E-state index in [1.807, 2.05) is 30.3 Å². The van der Waals surface area contributed by atoms with Gasteiger partial charge < -0.3 is 10.4 Å². The van der Waals surface area contributed by atoms with Crippen molar-refractivity contribution in [1.29, 1.82) is 0 Å². The number of hydrogen-bond donors (Lipinski definition) is 2. The van der Waals surface area contributed by atoms with Gasteiger partial charge in [0.05, 0.1) is 6.54 Å². The molecular weight excluding hydrogens is 544 g/mol. The topological polar surface area (TPSA) is 88.4 Å². The van der Waals surface area contributed by atoms with E-state index in [1.54, 1.807) is 42.5 Å². The number of pyridine rings is 1. The number of aromatic nitrogens is 1. The predicted molar refractivity (Wildman–Crippen MR) is 153 cm³/mol. The minimum Gasteiger partial charge on any atom is -0.477 e. The van der Waals surface area contributed by atoms with Crippen LogP contribution in [0.3, 0.4) is 0 Å². The fraction of sp³-hybridized carbons (Fsp3) is 0.258. The van der Waals surface area contributed by atoms with Crippen LogP contribution >= 0.6 is 15.9 Å². The van der Waals surface area contributed by atoms with Crippen molar-refractivity contribution < 1.29 is 14.7 Å². The van der Waals surface area contributed by atoms with Gasteiger partial charge in [0.15, 0.2) is 0 Å². The Hall–Kier alpha value is -3.71. The van der Waals surface area contributed by atoms with Crippen LogP contribution in [0.4, 0.5) is 0 Å². The number of aromatic carboxylic acids is 1. The standard InChI is InChI=1S/C31H29BrN2O4/c32-24-15-16-25-26(17-24)27(22-9-5-2-6-10-22)28(31(37)38)34(30(25)36)19-21-11-13-23(14-12-21)29(35)33-18-20-7-3-1-4-8-20/h2,5-6,9-17,20H,1,3-4,7-8,18-19H2,(H,33,35)(H,37,38). The van der Waals surface area contributed by atoms with Gasteiger partial charge in [0.25, 0.3) is 11.5 Å². The van der Waals surface area contributed by atoms with E-state index in [-0.39, 0.29) is 23.7 Å². The third-order valence-electron chi connectivity index (χ3n) is 7.33. The van der Waals surface area contributed by atoms with Crippen LogP contribution in [-0.4, -0.2) is 28.1 Å². The van der Waals surface area contributed by atoms with E-state index in [0.29, 0.717) is 39.9 Å². The Morgan fingerprint density at radius 3 is 2.32 bits per heavy atom. The van der Waals surface area contributed by atoms with E-state index in [0.717, 1.165) is 22.9 Å². The second-order valence-electron chi connectivity index (χ2n) is 9.89. The zero-order valence-electron chi connectivity index (χ0n) is 21.0. The van der Waals surface area contributed by atoms with Crippen LogP contribution in [-0.2, 0) is 6.54 Å². The zero-order valence-corrected chi connectivity index (χ0v) is 22.5. The fourth-order valence-corrected chi connectivity index (χ4v) is 5.73. The summed E-state index contributed by atoms with van der Waals surface area (Å²) < 4.78 is 2.08. The molecule has 5 rings (SSSR count). The maximum absolute atomic E-state index is 13.6. The summed E-state index contributed by atoms with van der Waals surface area (Å²) in [6.07, 6.45) is 6.05. The van der Waals surface area contributed by atoms with Crippen molar-refractivity contribution in [1.82, 2.24) is 9.88 Å². The van der Waals surface area contributed by atoms with Crippen LogP contribution in [0.5, 0.6) is 0 Å². The molecular formula is C31H29BrN2O4. The first-order valence-corrected chi connectivity index (χ1v) is 13.7. The predicted octanol–water partition coefficient (Wildman–Crippen LogP) is 6.49. The van der Waals surface area contributed by atoms with Gasteiger partial charge >= 0.3 is 5.97 Å². The Labute approximate surface area is 229 Å². The highest BCUT2D eigenvalue weighted by Gasteiger charge is 2.23. The number of carboxylic acids is 1. The molecule has 38 heavy (non-hydrogen) atoms. The lowest BCUT2D eigenvalue weighted by molar-refractivity contribution is 0.0685. The first-order chi connectivity index (χ1) is 18.4. The fourth-order valence-electron chi connectivity index (χ4n) is 5.36. The van der Waals surface area contributed by atoms with Crippen LogP contribution < -0.4 is 10.9 Å². The normalized spacial score (nSPS) is 13.9. The van der Waals surface area contributed by atoms with Gasteiger partial charge in [0.2, 0.25) is 0 Å². The molecule has 194 valence electrons. The Kier molecular flexibility index (Phi) is 7.74. The van der Waals surface area contributed by atoms with Crippen LogP contribution in [0.15, 0.2) is 82.1 Å². The second kappa shape index (κ2) is 11.4. The minimum absolute atomic E-state index is 0.0658. The van der Waals surface area contributed by atoms with Crippen LogP contribution in [0, 0.1) is 5.92 Å².